The van der Waals surface area contributed by atoms with Gasteiger partial charge in [0.2, 0.25) is 5.95 Å². The predicted molar refractivity (Wildman–Crippen MR) is 120 cm³/mol. The molecule has 0 aliphatic rings. The fourth-order valence-electron chi connectivity index (χ4n) is 3.64. The number of hydrogen-bond acceptors (Lipinski definition) is 7. The zero-order valence-electron chi connectivity index (χ0n) is 17.0. The minimum atomic E-state index is -0.842. The summed E-state index contributed by atoms with van der Waals surface area (Å²) in [5.74, 6) is -1.20. The number of anilines is 2. The number of halogens is 3. The molecule has 0 fully saturated rings. The normalized spacial score (nSPS) is 12.4. The molecule has 0 radical (unpaired) electrons. The zero-order chi connectivity index (χ0) is 23.3. The van der Waals surface area contributed by atoms with E-state index in [4.69, 9.17) is 17.3 Å². The Bertz CT molecular complexity index is 1580. The molecule has 0 aliphatic carbocycles. The van der Waals surface area contributed by atoms with Crippen molar-refractivity contribution in [3.05, 3.63) is 75.6 Å². The molecule has 0 saturated carbocycles. The summed E-state index contributed by atoms with van der Waals surface area (Å²) in [4.78, 5) is 33.3. The number of rotatable bonds is 4. The van der Waals surface area contributed by atoms with Gasteiger partial charge in [0.25, 0.3) is 5.56 Å². The first kappa shape index (κ1) is 20.8. The monoisotopic (exact) mass is 468 g/mol. The van der Waals surface area contributed by atoms with Gasteiger partial charge in [-0.25, -0.2) is 18.7 Å². The van der Waals surface area contributed by atoms with E-state index in [2.05, 4.69) is 30.2 Å². The van der Waals surface area contributed by atoms with Crippen LogP contribution in [0.3, 0.4) is 0 Å². The molecule has 4 N–H and O–H groups in total. The maximum Gasteiger partial charge on any atom is 0.267 e. The number of H-pyrrole nitrogens is 1. The lowest BCUT2D eigenvalue weighted by molar-refractivity contribution is 0.579. The van der Waals surface area contributed by atoms with Crippen LogP contribution in [0.2, 0.25) is 5.02 Å². The van der Waals surface area contributed by atoms with Crippen LogP contribution < -0.4 is 16.6 Å². The van der Waals surface area contributed by atoms with Crippen molar-refractivity contribution in [1.82, 2.24) is 29.5 Å². The van der Waals surface area contributed by atoms with Gasteiger partial charge < -0.3 is 16.0 Å². The van der Waals surface area contributed by atoms with Crippen LogP contribution in [0.15, 0.2) is 47.5 Å². The second-order valence-electron chi connectivity index (χ2n) is 7.27. The van der Waals surface area contributed by atoms with Gasteiger partial charge in [0.1, 0.15) is 23.0 Å². The Morgan fingerprint density at radius 3 is 2.67 bits per heavy atom. The average molecular weight is 469 g/mol. The molecular formula is C21H15ClF2N8O. The number of nitrogens with zero attached hydrogens (tertiary/aromatic N) is 5. The maximum atomic E-state index is 14.0. The first-order chi connectivity index (χ1) is 15.8. The van der Waals surface area contributed by atoms with Gasteiger partial charge in [0.05, 0.1) is 34.0 Å². The lowest BCUT2D eigenvalue weighted by Gasteiger charge is -2.20. The molecule has 3 heterocycles. The molecule has 5 rings (SSSR count). The third-order valence-electron chi connectivity index (χ3n) is 5.02. The van der Waals surface area contributed by atoms with Crippen LogP contribution in [0.25, 0.3) is 27.8 Å². The topological polar surface area (TPSA) is 127 Å². The number of nitrogens with two attached hydrogens (primary N) is 1. The van der Waals surface area contributed by atoms with Crippen LogP contribution in [-0.2, 0) is 0 Å². The molecule has 0 spiro atoms. The van der Waals surface area contributed by atoms with Crippen molar-refractivity contribution < 1.29 is 8.78 Å². The van der Waals surface area contributed by atoms with Crippen LogP contribution in [0.4, 0.5) is 20.5 Å². The van der Waals surface area contributed by atoms with Gasteiger partial charge in [-0.1, -0.05) is 17.7 Å². The van der Waals surface area contributed by atoms with Crippen molar-refractivity contribution in [1.29, 1.82) is 0 Å². The molecule has 9 nitrogen and oxygen atoms in total. The third kappa shape index (κ3) is 3.61. The zero-order valence-corrected chi connectivity index (χ0v) is 17.7. The average Bonchev–Trinajstić information content (AvgIpc) is 3.21. The van der Waals surface area contributed by atoms with E-state index in [-0.39, 0.29) is 27.9 Å². The molecule has 1 atom stereocenters. The number of fused-ring (bicyclic) bond motifs is 2. The first-order valence-corrected chi connectivity index (χ1v) is 10.1. The summed E-state index contributed by atoms with van der Waals surface area (Å²) >= 11 is 6.26. The fourth-order valence-corrected chi connectivity index (χ4v) is 3.89. The van der Waals surface area contributed by atoms with Crippen molar-refractivity contribution in [2.45, 2.75) is 13.0 Å². The highest BCUT2D eigenvalue weighted by Crippen LogP contribution is 2.27. The van der Waals surface area contributed by atoms with Gasteiger partial charge in [0, 0.05) is 6.07 Å². The molecule has 166 valence electrons. The van der Waals surface area contributed by atoms with Crippen LogP contribution in [0, 0.1) is 11.6 Å². The molecule has 2 aromatic carbocycles. The quantitative estimate of drug-likeness (QED) is 0.366. The molecule has 12 heteroatoms. The lowest BCUT2D eigenvalue weighted by atomic mass is 10.2. The van der Waals surface area contributed by atoms with Crippen LogP contribution in [0.1, 0.15) is 18.8 Å². The summed E-state index contributed by atoms with van der Waals surface area (Å²) in [5.41, 5.74) is 6.34. The first-order valence-electron chi connectivity index (χ1n) is 9.72. The molecule has 0 amide bonds. The van der Waals surface area contributed by atoms with Crippen molar-refractivity contribution in [2.75, 3.05) is 11.1 Å². The molecule has 3 aromatic heterocycles. The maximum absolute atomic E-state index is 14.0. The molecule has 5 aromatic rings. The highest BCUT2D eigenvalue weighted by molar-refractivity contribution is 6.35. The highest BCUT2D eigenvalue weighted by atomic mass is 35.5. The van der Waals surface area contributed by atoms with Gasteiger partial charge in [-0.2, -0.15) is 9.97 Å². The Kier molecular flexibility index (Phi) is 4.90. The van der Waals surface area contributed by atoms with E-state index in [1.54, 1.807) is 25.1 Å². The molecule has 33 heavy (non-hydrogen) atoms. The van der Waals surface area contributed by atoms with Gasteiger partial charge >= 0.3 is 0 Å². The van der Waals surface area contributed by atoms with Crippen molar-refractivity contribution in [3.8, 4) is 5.69 Å². The molecule has 0 unspecified atom stereocenters. The summed E-state index contributed by atoms with van der Waals surface area (Å²) in [6.07, 6.45) is 1.44. The van der Waals surface area contributed by atoms with Gasteiger partial charge in [-0.05, 0) is 31.2 Å². The Morgan fingerprint density at radius 2 is 1.91 bits per heavy atom. The number of imidazole rings is 1. The molecule has 0 bridgehead atoms. The number of aromatic nitrogens is 6. The summed E-state index contributed by atoms with van der Waals surface area (Å²) in [7, 11) is 0. The fraction of sp³-hybridized carbons (Fsp3) is 0.0952. The summed E-state index contributed by atoms with van der Waals surface area (Å²) in [6.45, 7) is 1.71. The predicted octanol–water partition coefficient (Wildman–Crippen LogP) is 3.74. The van der Waals surface area contributed by atoms with Crippen molar-refractivity contribution >= 4 is 45.4 Å². The van der Waals surface area contributed by atoms with Gasteiger partial charge in [0.15, 0.2) is 11.5 Å². The summed E-state index contributed by atoms with van der Waals surface area (Å²) in [5, 5.41) is 3.43. The second-order valence-corrected chi connectivity index (χ2v) is 7.68. The number of benzene rings is 2. The van der Waals surface area contributed by atoms with E-state index < -0.39 is 23.2 Å². The molecular weight excluding hydrogens is 454 g/mol. The number of nitrogen functional groups attached to an aromatic ring is 1. The minimum Gasteiger partial charge on any atom is -0.368 e. The molecule has 0 aliphatic heterocycles. The Labute approximate surface area is 189 Å². The van der Waals surface area contributed by atoms with Crippen molar-refractivity contribution in [2.24, 2.45) is 0 Å². The minimum absolute atomic E-state index is 0.00727. The van der Waals surface area contributed by atoms with E-state index in [1.165, 1.54) is 6.33 Å². The number of nitrogens with one attached hydrogen (secondary N) is 2. The Morgan fingerprint density at radius 1 is 1.15 bits per heavy atom. The number of aromatic amines is 1. The summed E-state index contributed by atoms with van der Waals surface area (Å²) < 4.78 is 29.2. The van der Waals surface area contributed by atoms with Crippen LogP contribution in [-0.4, -0.2) is 29.5 Å². The Balaban J connectivity index is 1.74. The van der Waals surface area contributed by atoms with E-state index in [9.17, 15) is 13.6 Å². The second kappa shape index (κ2) is 7.78. The standard InChI is InChI=1S/C21H15ClF2N8O/c1-9(28-18-16-17(27-8-26-16)30-21(25)31-18)19-29-14-4-2-3-13(22)15(14)20(33)32(19)12-6-10(23)5-11(24)7-12/h2-9H,1H3,(H4,25,26,27,28,30,31)/t9-/m0/s1. The smallest absolute Gasteiger partial charge is 0.267 e. The van der Waals surface area contributed by atoms with Crippen LogP contribution in [0.5, 0.6) is 0 Å². The SMILES string of the molecule is C[C@H](Nc1nc(N)nc2nc[nH]c12)c1nc2cccc(Cl)c2c(=O)n1-c1cc(F)cc(F)c1. The van der Waals surface area contributed by atoms with Crippen molar-refractivity contribution in [3.63, 3.8) is 0 Å². The lowest BCUT2D eigenvalue weighted by Crippen LogP contribution is -2.28. The molecule has 0 saturated heterocycles. The van der Waals surface area contributed by atoms with Crippen LogP contribution >= 0.6 is 11.6 Å². The van der Waals surface area contributed by atoms with E-state index >= 15 is 0 Å². The third-order valence-corrected chi connectivity index (χ3v) is 5.34. The van der Waals surface area contributed by atoms with E-state index in [0.717, 1.165) is 22.8 Å². The van der Waals surface area contributed by atoms with E-state index in [1.807, 2.05) is 0 Å². The van der Waals surface area contributed by atoms with Gasteiger partial charge in [-0.15, -0.1) is 0 Å². The van der Waals surface area contributed by atoms with E-state index in [0.29, 0.717) is 22.5 Å². The Hall–Kier alpha value is -4.12. The number of hydrogen-bond donors (Lipinski definition) is 3. The van der Waals surface area contributed by atoms with Gasteiger partial charge in [-0.3, -0.25) is 9.36 Å². The highest BCUT2D eigenvalue weighted by Gasteiger charge is 2.22. The largest absolute Gasteiger partial charge is 0.368 e. The summed E-state index contributed by atoms with van der Waals surface area (Å²) in [6, 6.07) is 6.96.